The minimum absolute atomic E-state index is 0.0549. The Morgan fingerprint density at radius 2 is 1.82 bits per heavy atom. The number of aromatic nitrogens is 2. The van der Waals surface area contributed by atoms with E-state index < -0.39 is 10.0 Å². The fourth-order valence-corrected chi connectivity index (χ4v) is 7.78. The molecule has 0 bridgehead atoms. The highest BCUT2D eigenvalue weighted by molar-refractivity contribution is 7.88. The van der Waals surface area contributed by atoms with E-state index in [0.717, 1.165) is 34.9 Å². The first-order valence-corrected chi connectivity index (χ1v) is 14.3. The van der Waals surface area contributed by atoms with E-state index in [0.29, 0.717) is 32.1 Å². The molecule has 6 nitrogen and oxygen atoms in total. The zero-order chi connectivity index (χ0) is 23.2. The number of hydrogen-bond donors (Lipinski definition) is 0. The number of hydrogen-bond acceptors (Lipinski definition) is 6. The number of rotatable bonds is 5. The highest BCUT2D eigenvalue weighted by Gasteiger charge is 2.31. The summed E-state index contributed by atoms with van der Waals surface area (Å²) in [6.45, 7) is 8.87. The molecule has 2 aromatic heterocycles. The lowest BCUT2D eigenvalue weighted by Crippen LogP contribution is -2.49. The topological polar surface area (TPSA) is 66.4 Å². The number of aryl methyl sites for hydroxylation is 1. The molecule has 33 heavy (non-hydrogen) atoms. The van der Waals surface area contributed by atoms with Gasteiger partial charge in [-0.1, -0.05) is 51.1 Å². The van der Waals surface area contributed by atoms with Gasteiger partial charge in [0.25, 0.3) is 0 Å². The number of nitrogens with zero attached hydrogens (tertiary/aromatic N) is 4. The average molecular weight is 485 g/mol. The van der Waals surface area contributed by atoms with Crippen LogP contribution in [0.3, 0.4) is 0 Å². The van der Waals surface area contributed by atoms with Crippen LogP contribution in [0.1, 0.15) is 54.9 Å². The molecule has 0 amide bonds. The van der Waals surface area contributed by atoms with Gasteiger partial charge in [-0.05, 0) is 36.3 Å². The molecule has 8 heteroatoms. The van der Waals surface area contributed by atoms with Crippen LogP contribution in [0.4, 0.5) is 5.82 Å². The van der Waals surface area contributed by atoms with Gasteiger partial charge < -0.3 is 4.90 Å². The highest BCUT2D eigenvalue weighted by Crippen LogP contribution is 2.41. The third-order valence-corrected chi connectivity index (χ3v) is 9.79. The molecule has 0 saturated carbocycles. The third kappa shape index (κ3) is 4.53. The van der Waals surface area contributed by atoms with Crippen LogP contribution in [0, 0.1) is 5.92 Å². The van der Waals surface area contributed by atoms with Crippen LogP contribution in [0.5, 0.6) is 0 Å². The van der Waals surface area contributed by atoms with Gasteiger partial charge >= 0.3 is 0 Å². The molecule has 2 aliphatic rings. The summed E-state index contributed by atoms with van der Waals surface area (Å²) in [7, 11) is -3.34. The van der Waals surface area contributed by atoms with Crippen LogP contribution in [0.2, 0.25) is 0 Å². The molecule has 1 saturated heterocycles. The van der Waals surface area contributed by atoms with Crippen molar-refractivity contribution in [2.45, 2.75) is 51.7 Å². The predicted molar refractivity (Wildman–Crippen MR) is 136 cm³/mol. The number of piperazine rings is 1. The van der Waals surface area contributed by atoms with Gasteiger partial charge in [0.05, 0.1) is 11.1 Å². The molecule has 176 valence electrons. The molecular formula is C25H32N4O2S2. The van der Waals surface area contributed by atoms with E-state index in [9.17, 15) is 8.42 Å². The normalized spacial score (nSPS) is 19.9. The minimum atomic E-state index is -3.34. The van der Waals surface area contributed by atoms with Gasteiger partial charge in [0.2, 0.25) is 10.0 Å². The monoisotopic (exact) mass is 484 g/mol. The molecule has 1 aliphatic carbocycles. The summed E-state index contributed by atoms with van der Waals surface area (Å²) in [5, 5.41) is 1.21. The summed E-state index contributed by atoms with van der Waals surface area (Å²) >= 11 is 1.84. The maximum absolute atomic E-state index is 13.0. The Balaban J connectivity index is 1.42. The van der Waals surface area contributed by atoms with E-state index in [1.165, 1.54) is 22.2 Å². The maximum atomic E-state index is 13.0. The Morgan fingerprint density at radius 3 is 2.52 bits per heavy atom. The first kappa shape index (κ1) is 22.7. The summed E-state index contributed by atoms with van der Waals surface area (Å²) in [4.78, 5) is 14.8. The van der Waals surface area contributed by atoms with E-state index in [1.807, 2.05) is 41.7 Å². The van der Waals surface area contributed by atoms with E-state index in [4.69, 9.17) is 9.97 Å². The lowest BCUT2D eigenvalue weighted by Gasteiger charge is -2.35. The van der Waals surface area contributed by atoms with Crippen molar-refractivity contribution in [2.75, 3.05) is 31.1 Å². The number of sulfonamides is 1. The maximum Gasteiger partial charge on any atom is 0.218 e. The van der Waals surface area contributed by atoms with Crippen LogP contribution < -0.4 is 4.90 Å². The van der Waals surface area contributed by atoms with Crippen molar-refractivity contribution in [1.82, 2.24) is 14.3 Å². The first-order chi connectivity index (χ1) is 15.8. The Morgan fingerprint density at radius 1 is 1.09 bits per heavy atom. The number of anilines is 1. The molecule has 0 spiro atoms. The van der Waals surface area contributed by atoms with Crippen LogP contribution in [-0.2, 0) is 28.6 Å². The third-order valence-electron chi connectivity index (χ3n) is 6.79. The van der Waals surface area contributed by atoms with E-state index in [-0.39, 0.29) is 11.7 Å². The summed E-state index contributed by atoms with van der Waals surface area (Å²) in [5.41, 5.74) is 2.26. The lowest BCUT2D eigenvalue weighted by atomic mass is 9.89. The Bertz CT molecular complexity index is 1250. The zero-order valence-corrected chi connectivity index (χ0v) is 21.3. The van der Waals surface area contributed by atoms with E-state index in [1.54, 1.807) is 4.31 Å². The summed E-state index contributed by atoms with van der Waals surface area (Å²) in [6.07, 6.45) is 3.41. The SMILES string of the molecule is CC1CCc2c(sc3nc(C(C)C)nc(N4CCN(S(=O)(=O)Cc5ccccc5)CC4)c23)C1. The van der Waals surface area contributed by atoms with Crippen molar-refractivity contribution < 1.29 is 8.42 Å². The predicted octanol–water partition coefficient (Wildman–Crippen LogP) is 4.59. The van der Waals surface area contributed by atoms with Crippen molar-refractivity contribution in [1.29, 1.82) is 0 Å². The van der Waals surface area contributed by atoms with Gasteiger partial charge in [-0.25, -0.2) is 18.4 Å². The number of benzene rings is 1. The molecule has 1 aromatic carbocycles. The molecule has 3 aromatic rings. The smallest absolute Gasteiger partial charge is 0.218 e. The first-order valence-electron chi connectivity index (χ1n) is 11.9. The van der Waals surface area contributed by atoms with Crippen LogP contribution in [0.15, 0.2) is 30.3 Å². The van der Waals surface area contributed by atoms with E-state index in [2.05, 4.69) is 25.7 Å². The van der Waals surface area contributed by atoms with Crippen molar-refractivity contribution in [2.24, 2.45) is 5.92 Å². The van der Waals surface area contributed by atoms with Gasteiger partial charge in [-0.2, -0.15) is 4.31 Å². The van der Waals surface area contributed by atoms with Crippen molar-refractivity contribution in [3.05, 3.63) is 52.2 Å². The van der Waals surface area contributed by atoms with Crippen LogP contribution in [0.25, 0.3) is 10.2 Å². The molecule has 3 heterocycles. The van der Waals surface area contributed by atoms with Crippen molar-refractivity contribution in [3.8, 4) is 0 Å². The van der Waals surface area contributed by atoms with Crippen LogP contribution >= 0.6 is 11.3 Å². The second-order valence-corrected chi connectivity index (χ2v) is 12.8. The van der Waals surface area contributed by atoms with Gasteiger partial charge in [0.15, 0.2) is 0 Å². The molecule has 5 rings (SSSR count). The lowest BCUT2D eigenvalue weighted by molar-refractivity contribution is 0.383. The molecule has 0 radical (unpaired) electrons. The van der Waals surface area contributed by atoms with Crippen LogP contribution in [-0.4, -0.2) is 48.9 Å². The Hall–Kier alpha value is -2.03. The number of thiophene rings is 1. The average Bonchev–Trinajstić information content (AvgIpc) is 3.16. The molecule has 1 unspecified atom stereocenters. The molecule has 0 N–H and O–H groups in total. The summed E-state index contributed by atoms with van der Waals surface area (Å²) in [5.74, 6) is 2.90. The van der Waals surface area contributed by atoms with Gasteiger partial charge in [0, 0.05) is 37.0 Å². The zero-order valence-electron chi connectivity index (χ0n) is 19.6. The highest BCUT2D eigenvalue weighted by atomic mass is 32.2. The van der Waals surface area contributed by atoms with Gasteiger partial charge in [-0.3, -0.25) is 0 Å². The summed E-state index contributed by atoms with van der Waals surface area (Å²) in [6, 6.07) is 9.43. The Labute approximate surface area is 200 Å². The molecule has 1 aliphatic heterocycles. The minimum Gasteiger partial charge on any atom is -0.353 e. The number of fused-ring (bicyclic) bond motifs is 3. The van der Waals surface area contributed by atoms with Crippen molar-refractivity contribution >= 4 is 37.4 Å². The molecule has 1 fully saturated rings. The summed E-state index contributed by atoms with van der Waals surface area (Å²) < 4.78 is 27.7. The Kier molecular flexibility index (Phi) is 6.18. The van der Waals surface area contributed by atoms with Gasteiger partial charge in [-0.15, -0.1) is 11.3 Å². The quantitative estimate of drug-likeness (QED) is 0.530. The van der Waals surface area contributed by atoms with E-state index >= 15 is 0 Å². The molecular weight excluding hydrogens is 452 g/mol. The van der Waals surface area contributed by atoms with Crippen molar-refractivity contribution in [3.63, 3.8) is 0 Å². The second-order valence-electron chi connectivity index (χ2n) is 9.72. The fraction of sp³-hybridized carbons (Fsp3) is 0.520. The standard InChI is InChI=1S/C25H32N4O2S2/c1-17(2)23-26-24(22-20-10-9-18(3)15-21(20)32-25(22)27-23)28-11-13-29(14-12-28)33(30,31)16-19-7-5-4-6-8-19/h4-8,17-18H,9-16H2,1-3H3. The van der Waals surface area contributed by atoms with Gasteiger partial charge in [0.1, 0.15) is 16.5 Å². The largest absolute Gasteiger partial charge is 0.353 e. The fourth-order valence-electron chi connectivity index (χ4n) is 4.88. The molecule has 1 atom stereocenters. The second kappa shape index (κ2) is 8.96.